The van der Waals surface area contributed by atoms with Gasteiger partial charge in [-0.2, -0.15) is 0 Å². The maximum Gasteiger partial charge on any atom is 0.124 e. The summed E-state index contributed by atoms with van der Waals surface area (Å²) in [5.74, 6) is -0.226. The first-order valence-electron chi connectivity index (χ1n) is 5.12. The predicted octanol–water partition coefficient (Wildman–Crippen LogP) is 2.88. The van der Waals surface area contributed by atoms with Crippen molar-refractivity contribution in [2.24, 2.45) is 5.73 Å². The van der Waals surface area contributed by atoms with Gasteiger partial charge < -0.3 is 11.1 Å². The highest BCUT2D eigenvalue weighted by molar-refractivity contribution is 9.10. The van der Waals surface area contributed by atoms with Gasteiger partial charge >= 0.3 is 0 Å². The molecular weight excluding hydrogens is 259 g/mol. The predicted molar refractivity (Wildman–Crippen MR) is 63.3 cm³/mol. The molecule has 0 heterocycles. The standard InChI is InChI=1S/C11H14BrFN2/c12-10-5-7(13)1-4-11(10)15-9-3-2-8(14)6-9/h1,4-5,8-9,15H,2-3,6,14H2. The Bertz CT molecular complexity index is 356. The fraction of sp³-hybridized carbons (Fsp3) is 0.455. The average molecular weight is 273 g/mol. The molecule has 0 bridgehead atoms. The van der Waals surface area contributed by atoms with Gasteiger partial charge in [-0.15, -0.1) is 0 Å². The van der Waals surface area contributed by atoms with Crippen LogP contribution in [-0.4, -0.2) is 12.1 Å². The summed E-state index contributed by atoms with van der Waals surface area (Å²) in [6.45, 7) is 0. The third-order valence-electron chi connectivity index (χ3n) is 2.76. The zero-order valence-electron chi connectivity index (χ0n) is 8.34. The molecule has 1 saturated carbocycles. The van der Waals surface area contributed by atoms with E-state index in [4.69, 9.17) is 5.73 Å². The van der Waals surface area contributed by atoms with Gasteiger partial charge in [-0.1, -0.05) is 0 Å². The van der Waals surface area contributed by atoms with Gasteiger partial charge in [0.05, 0.1) is 0 Å². The third kappa shape index (κ3) is 2.69. The first-order chi connectivity index (χ1) is 7.15. The molecule has 2 nitrogen and oxygen atoms in total. The Hall–Kier alpha value is -0.610. The Labute approximate surface area is 97.2 Å². The molecule has 2 unspecified atom stereocenters. The summed E-state index contributed by atoms with van der Waals surface area (Å²) in [7, 11) is 0. The second-order valence-corrected chi connectivity index (χ2v) is 4.89. The van der Waals surface area contributed by atoms with Gasteiger partial charge in [0.25, 0.3) is 0 Å². The van der Waals surface area contributed by atoms with Crippen LogP contribution in [0.15, 0.2) is 22.7 Å². The molecule has 2 atom stereocenters. The molecule has 0 amide bonds. The number of hydrogen-bond donors (Lipinski definition) is 2. The van der Waals surface area contributed by atoms with Crippen molar-refractivity contribution in [1.29, 1.82) is 0 Å². The van der Waals surface area contributed by atoms with E-state index in [0.29, 0.717) is 12.1 Å². The summed E-state index contributed by atoms with van der Waals surface area (Å²) in [6, 6.07) is 5.41. The van der Waals surface area contributed by atoms with E-state index in [1.165, 1.54) is 12.1 Å². The van der Waals surface area contributed by atoms with E-state index in [9.17, 15) is 4.39 Å². The van der Waals surface area contributed by atoms with Crippen LogP contribution in [0.5, 0.6) is 0 Å². The molecule has 1 aliphatic carbocycles. The van der Waals surface area contributed by atoms with E-state index in [1.807, 2.05) is 0 Å². The summed E-state index contributed by atoms with van der Waals surface area (Å²) in [5, 5.41) is 3.37. The maximum atomic E-state index is 12.8. The number of anilines is 1. The summed E-state index contributed by atoms with van der Waals surface area (Å²) in [4.78, 5) is 0. The van der Waals surface area contributed by atoms with Crippen molar-refractivity contribution in [3.05, 3.63) is 28.5 Å². The van der Waals surface area contributed by atoms with Crippen LogP contribution in [0.25, 0.3) is 0 Å². The van der Waals surface area contributed by atoms with E-state index in [2.05, 4.69) is 21.2 Å². The van der Waals surface area contributed by atoms with Crippen LogP contribution >= 0.6 is 15.9 Å². The summed E-state index contributed by atoms with van der Waals surface area (Å²) in [6.07, 6.45) is 3.14. The molecule has 0 aliphatic heterocycles. The molecule has 1 aliphatic rings. The fourth-order valence-corrected chi connectivity index (χ4v) is 2.44. The van der Waals surface area contributed by atoms with Crippen molar-refractivity contribution in [1.82, 2.24) is 0 Å². The zero-order valence-corrected chi connectivity index (χ0v) is 9.93. The van der Waals surface area contributed by atoms with Crippen LogP contribution < -0.4 is 11.1 Å². The van der Waals surface area contributed by atoms with Crippen LogP contribution in [0.2, 0.25) is 0 Å². The first-order valence-corrected chi connectivity index (χ1v) is 5.91. The highest BCUT2D eigenvalue weighted by Gasteiger charge is 2.21. The van der Waals surface area contributed by atoms with Crippen molar-refractivity contribution < 1.29 is 4.39 Å². The van der Waals surface area contributed by atoms with E-state index in [0.717, 1.165) is 29.4 Å². The zero-order chi connectivity index (χ0) is 10.8. The number of halogens is 2. The molecule has 1 aromatic carbocycles. The number of nitrogens with two attached hydrogens (primary N) is 1. The lowest BCUT2D eigenvalue weighted by atomic mass is 10.2. The molecule has 2 rings (SSSR count). The summed E-state index contributed by atoms with van der Waals surface area (Å²) >= 11 is 3.34. The Morgan fingerprint density at radius 3 is 2.80 bits per heavy atom. The minimum absolute atomic E-state index is 0.226. The highest BCUT2D eigenvalue weighted by atomic mass is 79.9. The van der Waals surface area contributed by atoms with Gasteiger partial charge in [0.2, 0.25) is 0 Å². The molecule has 0 spiro atoms. The third-order valence-corrected chi connectivity index (χ3v) is 3.42. The van der Waals surface area contributed by atoms with Crippen LogP contribution in [0, 0.1) is 5.82 Å². The molecular formula is C11H14BrFN2. The molecule has 4 heteroatoms. The molecule has 1 aromatic rings. The van der Waals surface area contributed by atoms with Crippen molar-refractivity contribution >= 4 is 21.6 Å². The SMILES string of the molecule is NC1CCC(Nc2ccc(F)cc2Br)C1. The lowest BCUT2D eigenvalue weighted by molar-refractivity contribution is 0.626. The largest absolute Gasteiger partial charge is 0.381 e. The second kappa shape index (κ2) is 4.49. The van der Waals surface area contributed by atoms with E-state index in [-0.39, 0.29) is 5.82 Å². The Morgan fingerprint density at radius 2 is 2.20 bits per heavy atom. The van der Waals surface area contributed by atoms with Gasteiger partial charge in [-0.3, -0.25) is 0 Å². The van der Waals surface area contributed by atoms with Crippen LogP contribution in [0.3, 0.4) is 0 Å². The Kier molecular flexibility index (Phi) is 3.26. The number of nitrogens with one attached hydrogen (secondary N) is 1. The first kappa shape index (κ1) is 10.9. The fourth-order valence-electron chi connectivity index (χ4n) is 1.97. The van der Waals surface area contributed by atoms with Crippen molar-refractivity contribution in [3.63, 3.8) is 0 Å². The molecule has 0 radical (unpaired) electrons. The number of benzene rings is 1. The molecule has 3 N–H and O–H groups in total. The second-order valence-electron chi connectivity index (χ2n) is 4.04. The normalized spacial score (nSPS) is 25.5. The average Bonchev–Trinajstić information content (AvgIpc) is 2.56. The monoisotopic (exact) mass is 272 g/mol. The summed E-state index contributed by atoms with van der Waals surface area (Å²) in [5.41, 5.74) is 6.77. The van der Waals surface area contributed by atoms with E-state index >= 15 is 0 Å². The van der Waals surface area contributed by atoms with E-state index in [1.54, 1.807) is 6.07 Å². The van der Waals surface area contributed by atoms with Gasteiger partial charge in [-0.25, -0.2) is 4.39 Å². The quantitative estimate of drug-likeness (QED) is 0.869. The highest BCUT2D eigenvalue weighted by Crippen LogP contribution is 2.27. The topological polar surface area (TPSA) is 38.0 Å². The summed E-state index contributed by atoms with van der Waals surface area (Å²) < 4.78 is 13.6. The van der Waals surface area contributed by atoms with Crippen LogP contribution in [-0.2, 0) is 0 Å². The van der Waals surface area contributed by atoms with Gasteiger partial charge in [0.15, 0.2) is 0 Å². The molecule has 0 saturated heterocycles. The van der Waals surface area contributed by atoms with Crippen molar-refractivity contribution in [3.8, 4) is 0 Å². The number of hydrogen-bond acceptors (Lipinski definition) is 2. The lowest BCUT2D eigenvalue weighted by Gasteiger charge is -2.15. The van der Waals surface area contributed by atoms with Gasteiger partial charge in [-0.05, 0) is 53.4 Å². The van der Waals surface area contributed by atoms with Gasteiger partial charge in [0.1, 0.15) is 5.82 Å². The van der Waals surface area contributed by atoms with Crippen LogP contribution in [0.1, 0.15) is 19.3 Å². The smallest absolute Gasteiger partial charge is 0.124 e. The molecule has 15 heavy (non-hydrogen) atoms. The van der Waals surface area contributed by atoms with Crippen molar-refractivity contribution in [2.75, 3.05) is 5.32 Å². The van der Waals surface area contributed by atoms with Crippen LogP contribution in [0.4, 0.5) is 10.1 Å². The van der Waals surface area contributed by atoms with E-state index < -0.39 is 0 Å². The number of rotatable bonds is 2. The minimum atomic E-state index is -0.226. The van der Waals surface area contributed by atoms with Gasteiger partial charge in [0, 0.05) is 22.2 Å². The Morgan fingerprint density at radius 1 is 1.40 bits per heavy atom. The molecule has 0 aromatic heterocycles. The molecule has 82 valence electrons. The Balaban J connectivity index is 2.04. The van der Waals surface area contributed by atoms with Crippen molar-refractivity contribution in [2.45, 2.75) is 31.3 Å². The minimum Gasteiger partial charge on any atom is -0.381 e. The maximum absolute atomic E-state index is 12.8. The molecule has 1 fully saturated rings. The lowest BCUT2D eigenvalue weighted by Crippen LogP contribution is -2.20.